The molecule has 114 valence electrons. The lowest BCUT2D eigenvalue weighted by Gasteiger charge is -2.15. The van der Waals surface area contributed by atoms with Crippen molar-refractivity contribution in [2.75, 3.05) is 0 Å². The van der Waals surface area contributed by atoms with E-state index in [9.17, 15) is 4.79 Å². The summed E-state index contributed by atoms with van der Waals surface area (Å²) >= 11 is 0. The Kier molecular flexibility index (Phi) is 3.32. The summed E-state index contributed by atoms with van der Waals surface area (Å²) < 4.78 is 2.26. The highest BCUT2D eigenvalue weighted by Crippen LogP contribution is 2.39. The molecule has 3 heterocycles. The van der Waals surface area contributed by atoms with Gasteiger partial charge in [-0.05, 0) is 31.7 Å². The number of carbonyl (C=O) groups excluding carboxylic acids is 1. The van der Waals surface area contributed by atoms with Crippen LogP contribution in [0.2, 0.25) is 0 Å². The third-order valence-electron chi connectivity index (χ3n) is 4.37. The molecule has 1 fully saturated rings. The van der Waals surface area contributed by atoms with Gasteiger partial charge in [0, 0.05) is 31.1 Å². The van der Waals surface area contributed by atoms with E-state index in [1.165, 1.54) is 19.2 Å². The number of aryl methyl sites for hydroxylation is 1. The topological polar surface area (TPSA) is 85.6 Å². The van der Waals surface area contributed by atoms with Gasteiger partial charge in [-0.1, -0.05) is 0 Å². The third kappa shape index (κ3) is 2.58. The van der Waals surface area contributed by atoms with Crippen LogP contribution in [0.5, 0.6) is 0 Å². The SMILES string of the molecule is O=C(NC1CCc2nnc(C3CC3)n2CC1)c1ccncn1. The van der Waals surface area contributed by atoms with Gasteiger partial charge >= 0.3 is 0 Å². The molecule has 2 aromatic heterocycles. The van der Waals surface area contributed by atoms with Crippen LogP contribution in [0.4, 0.5) is 0 Å². The van der Waals surface area contributed by atoms with E-state index < -0.39 is 0 Å². The largest absolute Gasteiger partial charge is 0.348 e. The minimum absolute atomic E-state index is 0.132. The molecule has 1 aliphatic heterocycles. The third-order valence-corrected chi connectivity index (χ3v) is 4.37. The minimum atomic E-state index is -0.132. The van der Waals surface area contributed by atoms with Gasteiger partial charge in [-0.2, -0.15) is 0 Å². The Labute approximate surface area is 128 Å². The molecule has 1 N–H and O–H groups in total. The van der Waals surface area contributed by atoms with Crippen molar-refractivity contribution in [1.29, 1.82) is 0 Å². The van der Waals surface area contributed by atoms with Crippen LogP contribution in [0.3, 0.4) is 0 Å². The Morgan fingerprint density at radius 2 is 2.14 bits per heavy atom. The summed E-state index contributed by atoms with van der Waals surface area (Å²) in [5.74, 6) is 2.67. The summed E-state index contributed by atoms with van der Waals surface area (Å²) in [6, 6.07) is 1.78. The first-order valence-corrected chi connectivity index (χ1v) is 7.80. The van der Waals surface area contributed by atoms with E-state index in [0.717, 1.165) is 37.5 Å². The van der Waals surface area contributed by atoms with E-state index >= 15 is 0 Å². The van der Waals surface area contributed by atoms with E-state index in [1.807, 2.05) is 0 Å². The smallest absolute Gasteiger partial charge is 0.270 e. The Morgan fingerprint density at radius 3 is 2.91 bits per heavy atom. The number of amides is 1. The van der Waals surface area contributed by atoms with Crippen molar-refractivity contribution in [3.63, 3.8) is 0 Å². The number of hydrogen-bond acceptors (Lipinski definition) is 5. The number of fused-ring (bicyclic) bond motifs is 1. The highest BCUT2D eigenvalue weighted by Gasteiger charge is 2.31. The molecule has 0 aromatic carbocycles. The quantitative estimate of drug-likeness (QED) is 0.916. The van der Waals surface area contributed by atoms with Crippen LogP contribution in [0.1, 0.15) is 53.7 Å². The van der Waals surface area contributed by atoms with Crippen LogP contribution in [0.15, 0.2) is 18.6 Å². The maximum Gasteiger partial charge on any atom is 0.270 e. The summed E-state index contributed by atoms with van der Waals surface area (Å²) in [5.41, 5.74) is 0.414. The van der Waals surface area contributed by atoms with Gasteiger partial charge < -0.3 is 9.88 Å². The highest BCUT2D eigenvalue weighted by molar-refractivity contribution is 5.92. The van der Waals surface area contributed by atoms with Crippen molar-refractivity contribution in [3.8, 4) is 0 Å². The molecule has 0 spiro atoms. The standard InChI is InChI=1S/C15H18N6O/c22-15(12-5-7-16-9-17-12)18-11-3-4-13-19-20-14(10-1-2-10)21(13)8-6-11/h5,7,9-11H,1-4,6,8H2,(H,18,22). The molecule has 1 atom stereocenters. The zero-order valence-corrected chi connectivity index (χ0v) is 12.3. The molecule has 2 aromatic rings. The lowest BCUT2D eigenvalue weighted by Crippen LogP contribution is -2.35. The monoisotopic (exact) mass is 298 g/mol. The van der Waals surface area contributed by atoms with Crippen LogP contribution >= 0.6 is 0 Å². The van der Waals surface area contributed by atoms with Gasteiger partial charge in [-0.15, -0.1) is 10.2 Å². The lowest BCUT2D eigenvalue weighted by atomic mass is 10.1. The Morgan fingerprint density at radius 1 is 1.23 bits per heavy atom. The normalized spacial score (nSPS) is 21.0. The van der Waals surface area contributed by atoms with E-state index in [4.69, 9.17) is 0 Å². The molecule has 1 unspecified atom stereocenters. The molecule has 7 nitrogen and oxygen atoms in total. The first kappa shape index (κ1) is 13.4. The highest BCUT2D eigenvalue weighted by atomic mass is 16.1. The molecule has 22 heavy (non-hydrogen) atoms. The van der Waals surface area contributed by atoms with Crippen molar-refractivity contribution in [2.24, 2.45) is 0 Å². The van der Waals surface area contributed by atoms with Crippen molar-refractivity contribution in [2.45, 2.75) is 50.6 Å². The Bertz CT molecular complexity index is 679. The predicted octanol–water partition coefficient (Wildman–Crippen LogP) is 1.08. The van der Waals surface area contributed by atoms with Gasteiger partial charge in [0.15, 0.2) is 0 Å². The summed E-state index contributed by atoms with van der Waals surface area (Å²) in [7, 11) is 0. The summed E-state index contributed by atoms with van der Waals surface area (Å²) in [6.07, 6.45) is 8.08. The molecule has 1 amide bonds. The van der Waals surface area contributed by atoms with E-state index in [-0.39, 0.29) is 11.9 Å². The van der Waals surface area contributed by atoms with E-state index in [0.29, 0.717) is 11.6 Å². The van der Waals surface area contributed by atoms with Crippen molar-refractivity contribution >= 4 is 5.91 Å². The van der Waals surface area contributed by atoms with Crippen molar-refractivity contribution in [3.05, 3.63) is 35.9 Å². The zero-order chi connectivity index (χ0) is 14.9. The molecule has 0 radical (unpaired) electrons. The van der Waals surface area contributed by atoms with Crippen molar-refractivity contribution < 1.29 is 4.79 Å². The molecule has 2 aliphatic rings. The fourth-order valence-electron chi connectivity index (χ4n) is 2.98. The molecule has 4 rings (SSSR count). The van der Waals surface area contributed by atoms with E-state index in [2.05, 4.69) is 30.0 Å². The number of rotatable bonds is 3. The predicted molar refractivity (Wildman–Crippen MR) is 78.2 cm³/mol. The molecule has 1 saturated carbocycles. The second kappa shape index (κ2) is 5.47. The summed E-state index contributed by atoms with van der Waals surface area (Å²) in [5, 5.41) is 11.7. The van der Waals surface area contributed by atoms with Crippen LogP contribution in [0.25, 0.3) is 0 Å². The fourth-order valence-corrected chi connectivity index (χ4v) is 2.98. The average molecular weight is 298 g/mol. The second-order valence-corrected chi connectivity index (χ2v) is 5.99. The van der Waals surface area contributed by atoms with Gasteiger partial charge in [0.25, 0.3) is 5.91 Å². The number of nitrogens with zero attached hydrogens (tertiary/aromatic N) is 5. The van der Waals surface area contributed by atoms with Crippen molar-refractivity contribution in [1.82, 2.24) is 30.0 Å². The lowest BCUT2D eigenvalue weighted by molar-refractivity contribution is 0.0927. The zero-order valence-electron chi connectivity index (χ0n) is 12.3. The maximum atomic E-state index is 12.2. The van der Waals surface area contributed by atoms with Crippen LogP contribution in [-0.4, -0.2) is 36.7 Å². The summed E-state index contributed by atoms with van der Waals surface area (Å²) in [4.78, 5) is 20.0. The van der Waals surface area contributed by atoms with Crippen LogP contribution in [-0.2, 0) is 13.0 Å². The molecule has 0 saturated heterocycles. The van der Waals surface area contributed by atoms with Gasteiger partial charge in [0.2, 0.25) is 0 Å². The second-order valence-electron chi connectivity index (χ2n) is 5.99. The molecule has 1 aliphatic carbocycles. The molecule has 0 bridgehead atoms. The first-order chi connectivity index (χ1) is 10.8. The van der Waals surface area contributed by atoms with Gasteiger partial charge in [-0.25, -0.2) is 9.97 Å². The van der Waals surface area contributed by atoms with E-state index in [1.54, 1.807) is 12.3 Å². The molecular formula is C15H18N6O. The van der Waals surface area contributed by atoms with Gasteiger partial charge in [0.05, 0.1) is 0 Å². The first-order valence-electron chi connectivity index (χ1n) is 7.80. The summed E-state index contributed by atoms with van der Waals surface area (Å²) in [6.45, 7) is 0.878. The Hall–Kier alpha value is -2.31. The maximum absolute atomic E-state index is 12.2. The number of aromatic nitrogens is 5. The number of carbonyl (C=O) groups is 1. The van der Waals surface area contributed by atoms with Gasteiger partial charge in [-0.3, -0.25) is 4.79 Å². The van der Waals surface area contributed by atoms with Crippen LogP contribution < -0.4 is 5.32 Å². The minimum Gasteiger partial charge on any atom is -0.348 e. The Balaban J connectivity index is 1.43. The van der Waals surface area contributed by atoms with Gasteiger partial charge in [0.1, 0.15) is 23.7 Å². The fraction of sp³-hybridized carbons (Fsp3) is 0.533. The number of nitrogens with one attached hydrogen (secondary N) is 1. The number of hydrogen-bond donors (Lipinski definition) is 1. The van der Waals surface area contributed by atoms with Crippen LogP contribution in [0, 0.1) is 0 Å². The molecule has 7 heteroatoms. The molecular weight excluding hydrogens is 280 g/mol. The average Bonchev–Trinajstić information content (AvgIpc) is 3.35.